The van der Waals surface area contributed by atoms with Gasteiger partial charge in [-0.25, -0.2) is 0 Å². The second kappa shape index (κ2) is 4.20. The molecule has 0 radical (unpaired) electrons. The molecule has 0 N–H and O–H groups in total. The Labute approximate surface area is 77.2 Å². The first kappa shape index (κ1) is 11.9. The molecule has 0 saturated carbocycles. The molecule has 5 nitrogen and oxygen atoms in total. The van der Waals surface area contributed by atoms with Crippen molar-refractivity contribution < 1.29 is 14.5 Å². The molecule has 0 unspecified atom stereocenters. The van der Waals surface area contributed by atoms with Gasteiger partial charge in [-0.2, -0.15) is 0 Å². The van der Waals surface area contributed by atoms with Crippen LogP contribution in [-0.2, 0) is 9.53 Å². The maximum absolute atomic E-state index is 11.0. The fraction of sp³-hybridized carbons (Fsp3) is 0.875. The molecule has 0 amide bonds. The van der Waals surface area contributed by atoms with E-state index in [2.05, 4.69) is 0 Å². The Balaban J connectivity index is 4.03. The Morgan fingerprint density at radius 2 is 2.00 bits per heavy atom. The van der Waals surface area contributed by atoms with Gasteiger partial charge in [0, 0.05) is 18.8 Å². The number of nitrogens with zero attached hydrogens (tertiary/aromatic N) is 1. The van der Waals surface area contributed by atoms with Gasteiger partial charge in [0.05, 0.1) is 5.92 Å². The van der Waals surface area contributed by atoms with Gasteiger partial charge >= 0.3 is 5.97 Å². The molecule has 0 fully saturated rings. The van der Waals surface area contributed by atoms with Crippen molar-refractivity contribution in [2.24, 2.45) is 5.92 Å². The Bertz CT molecular complexity index is 210. The van der Waals surface area contributed by atoms with E-state index in [0.29, 0.717) is 0 Å². The Hall–Kier alpha value is -1.13. The van der Waals surface area contributed by atoms with Crippen molar-refractivity contribution in [3.05, 3.63) is 10.1 Å². The summed E-state index contributed by atoms with van der Waals surface area (Å²) in [6, 6.07) is 0. The maximum atomic E-state index is 11.0. The fourth-order valence-corrected chi connectivity index (χ4v) is 0.467. The van der Waals surface area contributed by atoms with Crippen molar-refractivity contribution in [1.82, 2.24) is 0 Å². The second-order valence-electron chi connectivity index (χ2n) is 3.83. The molecular formula is C8H15NO4. The van der Waals surface area contributed by atoms with Crippen LogP contribution in [0.2, 0.25) is 0 Å². The molecule has 0 aliphatic rings. The molecule has 0 aliphatic carbocycles. The fourth-order valence-electron chi connectivity index (χ4n) is 0.467. The van der Waals surface area contributed by atoms with Gasteiger partial charge in [0.1, 0.15) is 0 Å². The lowest BCUT2D eigenvalue weighted by molar-refractivity contribution is -0.563. The Morgan fingerprint density at radius 1 is 1.54 bits per heavy atom. The van der Waals surface area contributed by atoms with Crippen LogP contribution in [0, 0.1) is 16.0 Å². The van der Waals surface area contributed by atoms with Gasteiger partial charge in [-0.3, -0.25) is 14.9 Å². The number of esters is 1. The van der Waals surface area contributed by atoms with Crippen molar-refractivity contribution in [3.63, 3.8) is 0 Å². The topological polar surface area (TPSA) is 69.4 Å². The average Bonchev–Trinajstić information content (AvgIpc) is 1.99. The molecule has 0 spiro atoms. The first-order chi connectivity index (χ1) is 5.77. The van der Waals surface area contributed by atoms with Crippen molar-refractivity contribution in [1.29, 1.82) is 0 Å². The van der Waals surface area contributed by atoms with E-state index < -0.39 is 16.4 Å². The minimum absolute atomic E-state index is 0.184. The molecule has 13 heavy (non-hydrogen) atoms. The van der Waals surface area contributed by atoms with E-state index in [-0.39, 0.29) is 12.5 Å². The van der Waals surface area contributed by atoms with Crippen molar-refractivity contribution in [3.8, 4) is 0 Å². The second-order valence-corrected chi connectivity index (χ2v) is 3.83. The third kappa shape index (κ3) is 3.87. The van der Waals surface area contributed by atoms with Gasteiger partial charge in [-0.05, 0) is 0 Å². The number of hydrogen-bond acceptors (Lipinski definition) is 4. The minimum Gasteiger partial charge on any atom is -0.458 e. The van der Waals surface area contributed by atoms with Crippen LogP contribution in [0.3, 0.4) is 0 Å². The summed E-state index contributed by atoms with van der Waals surface area (Å²) in [7, 11) is 0. The zero-order valence-electron chi connectivity index (χ0n) is 8.36. The van der Waals surface area contributed by atoms with Crippen molar-refractivity contribution >= 4 is 5.97 Å². The Kier molecular flexibility index (Phi) is 3.84. The van der Waals surface area contributed by atoms with E-state index in [4.69, 9.17) is 4.74 Å². The van der Waals surface area contributed by atoms with Crippen molar-refractivity contribution in [2.45, 2.75) is 33.2 Å². The lowest BCUT2D eigenvalue weighted by atomic mass is 10.1. The zero-order valence-corrected chi connectivity index (χ0v) is 8.36. The molecule has 0 aliphatic heterocycles. The largest absolute Gasteiger partial charge is 0.458 e. The van der Waals surface area contributed by atoms with Gasteiger partial charge in [-0.15, -0.1) is 0 Å². The molecule has 0 atom stereocenters. The summed E-state index contributed by atoms with van der Waals surface area (Å²) in [5.74, 6) is -0.655. The predicted octanol–water partition coefficient (Wildman–Crippen LogP) is 1.24. The molecule has 0 aromatic rings. The minimum atomic E-state index is -1.20. The third-order valence-electron chi connectivity index (χ3n) is 1.53. The third-order valence-corrected chi connectivity index (χ3v) is 1.53. The quantitative estimate of drug-likeness (QED) is 0.379. The average molecular weight is 189 g/mol. The van der Waals surface area contributed by atoms with Crippen LogP contribution in [-0.4, -0.2) is 23.0 Å². The number of carbonyl (C=O) groups is 1. The smallest absolute Gasteiger partial charge is 0.308 e. The highest BCUT2D eigenvalue weighted by Gasteiger charge is 2.32. The summed E-state index contributed by atoms with van der Waals surface area (Å²) >= 11 is 0. The first-order valence-electron chi connectivity index (χ1n) is 4.08. The van der Waals surface area contributed by atoms with Gasteiger partial charge in [0.25, 0.3) is 0 Å². The van der Waals surface area contributed by atoms with Gasteiger partial charge in [-0.1, -0.05) is 13.8 Å². The summed E-state index contributed by atoms with van der Waals surface area (Å²) in [4.78, 5) is 20.9. The molecule has 0 saturated heterocycles. The Morgan fingerprint density at radius 3 is 2.31 bits per heavy atom. The van der Waals surface area contributed by atoms with Crippen LogP contribution >= 0.6 is 0 Å². The van der Waals surface area contributed by atoms with Crippen molar-refractivity contribution in [2.75, 3.05) is 6.61 Å². The molecule has 0 aromatic heterocycles. The first-order valence-corrected chi connectivity index (χ1v) is 4.08. The molecule has 5 heteroatoms. The summed E-state index contributed by atoms with van der Waals surface area (Å²) < 4.78 is 4.75. The summed E-state index contributed by atoms with van der Waals surface area (Å²) in [6.45, 7) is 6.02. The lowest BCUT2D eigenvalue weighted by Crippen LogP contribution is -2.37. The highest BCUT2D eigenvalue weighted by Crippen LogP contribution is 2.09. The van der Waals surface area contributed by atoms with E-state index in [1.807, 2.05) is 0 Å². The van der Waals surface area contributed by atoms with Crippen LogP contribution in [0.25, 0.3) is 0 Å². The van der Waals surface area contributed by atoms with Crippen LogP contribution in [0.5, 0.6) is 0 Å². The summed E-state index contributed by atoms with van der Waals surface area (Å²) in [5, 5.41) is 10.4. The maximum Gasteiger partial charge on any atom is 0.308 e. The van der Waals surface area contributed by atoms with Gasteiger partial charge in [0.2, 0.25) is 5.54 Å². The normalized spacial score (nSPS) is 11.5. The zero-order chi connectivity index (χ0) is 10.6. The molecule has 0 rings (SSSR count). The number of ether oxygens (including phenoxy) is 1. The monoisotopic (exact) mass is 189 g/mol. The molecule has 76 valence electrons. The molecule has 0 heterocycles. The van der Waals surface area contributed by atoms with E-state index in [1.165, 1.54) is 13.8 Å². The highest BCUT2D eigenvalue weighted by atomic mass is 16.6. The van der Waals surface area contributed by atoms with Gasteiger partial charge in [0.15, 0.2) is 6.61 Å². The SMILES string of the molecule is CC(C)C(=O)OCC(C)(C)[N+](=O)[O-]. The number of hydrogen-bond donors (Lipinski definition) is 0. The molecule has 0 aromatic carbocycles. The number of rotatable bonds is 4. The summed E-state index contributed by atoms with van der Waals surface area (Å²) in [5.41, 5.74) is -1.20. The van der Waals surface area contributed by atoms with E-state index in [1.54, 1.807) is 13.8 Å². The van der Waals surface area contributed by atoms with E-state index >= 15 is 0 Å². The molecular weight excluding hydrogens is 174 g/mol. The number of carbonyl (C=O) groups excluding carboxylic acids is 1. The standard InChI is InChI=1S/C8H15NO4/c1-6(2)7(10)13-5-8(3,4)9(11)12/h6H,5H2,1-4H3. The van der Waals surface area contributed by atoms with Crippen LogP contribution in [0.1, 0.15) is 27.7 Å². The van der Waals surface area contributed by atoms with E-state index in [9.17, 15) is 14.9 Å². The lowest BCUT2D eigenvalue weighted by Gasteiger charge is -2.16. The van der Waals surface area contributed by atoms with Crippen LogP contribution < -0.4 is 0 Å². The van der Waals surface area contributed by atoms with Crippen LogP contribution in [0.4, 0.5) is 0 Å². The number of nitro groups is 1. The van der Waals surface area contributed by atoms with Crippen LogP contribution in [0.15, 0.2) is 0 Å². The van der Waals surface area contributed by atoms with Gasteiger partial charge < -0.3 is 4.74 Å². The molecule has 0 bridgehead atoms. The van der Waals surface area contributed by atoms with E-state index in [0.717, 1.165) is 0 Å². The predicted molar refractivity (Wildman–Crippen MR) is 46.9 cm³/mol. The highest BCUT2D eigenvalue weighted by molar-refractivity contribution is 5.71. The summed E-state index contributed by atoms with van der Waals surface area (Å²) in [6.07, 6.45) is 0.